The van der Waals surface area contributed by atoms with Crippen molar-refractivity contribution in [1.29, 1.82) is 0 Å². The molecule has 0 fully saturated rings. The number of halogens is 2. The summed E-state index contributed by atoms with van der Waals surface area (Å²) in [6.07, 6.45) is 0. The molecular weight excluding hydrogens is 362 g/mol. The first-order valence-electron chi connectivity index (χ1n) is 4.63. The Kier molecular flexibility index (Phi) is 3.90. The number of benzene rings is 1. The second-order valence-electron chi connectivity index (χ2n) is 3.24. The van der Waals surface area contributed by atoms with Crippen molar-refractivity contribution in [1.82, 2.24) is 10.2 Å². The Balaban J connectivity index is 2.56. The fraction of sp³-hybridized carbons (Fsp3) is 0.111. The second-order valence-corrected chi connectivity index (χ2v) is 7.22. The minimum absolute atomic E-state index is 0.0179. The van der Waals surface area contributed by atoms with Gasteiger partial charge in [-0.25, -0.2) is 12.7 Å². The van der Waals surface area contributed by atoms with Gasteiger partial charge in [0.1, 0.15) is 10.4 Å². The van der Waals surface area contributed by atoms with Crippen LogP contribution >= 0.6 is 38.9 Å². The minimum atomic E-state index is -3.76. The molecule has 0 N–H and O–H groups in total. The minimum Gasteiger partial charge on any atom is -0.243 e. The topological polar surface area (TPSA) is 63.2 Å². The van der Waals surface area contributed by atoms with Crippen molar-refractivity contribution in [2.75, 3.05) is 11.4 Å². The molecule has 1 aromatic heterocycles. The van der Waals surface area contributed by atoms with Gasteiger partial charge >= 0.3 is 0 Å². The first-order chi connectivity index (χ1) is 8.44. The number of hydrogen-bond acceptors (Lipinski definition) is 5. The summed E-state index contributed by atoms with van der Waals surface area (Å²) in [7, 11) is -2.35. The van der Waals surface area contributed by atoms with Gasteiger partial charge in [0, 0.05) is 11.5 Å². The predicted octanol–water partition coefficient (Wildman–Crippen LogP) is 2.78. The molecule has 9 heteroatoms. The van der Waals surface area contributed by atoms with E-state index in [2.05, 4.69) is 26.1 Å². The summed E-state index contributed by atoms with van der Waals surface area (Å²) < 4.78 is 26.3. The molecule has 0 aliphatic rings. The lowest BCUT2D eigenvalue weighted by Crippen LogP contribution is -2.27. The van der Waals surface area contributed by atoms with Crippen LogP contribution in [0.3, 0.4) is 0 Å². The van der Waals surface area contributed by atoms with Crippen molar-refractivity contribution in [2.24, 2.45) is 0 Å². The third kappa shape index (κ3) is 2.37. The molecule has 0 aliphatic heterocycles. The van der Waals surface area contributed by atoms with Crippen molar-refractivity contribution in [3.05, 3.63) is 33.2 Å². The Morgan fingerprint density at radius 3 is 2.72 bits per heavy atom. The van der Waals surface area contributed by atoms with E-state index in [4.69, 9.17) is 11.6 Å². The number of hydrogen-bond donors (Lipinski definition) is 0. The van der Waals surface area contributed by atoms with Crippen LogP contribution in [-0.4, -0.2) is 25.7 Å². The maximum atomic E-state index is 12.4. The van der Waals surface area contributed by atoms with Crippen molar-refractivity contribution < 1.29 is 8.42 Å². The Labute approximate surface area is 122 Å². The summed E-state index contributed by atoms with van der Waals surface area (Å²) in [5.74, 6) is 0. The number of aromatic nitrogens is 2. The zero-order valence-electron chi connectivity index (χ0n) is 9.04. The lowest BCUT2D eigenvalue weighted by molar-refractivity contribution is 0.593. The Morgan fingerprint density at radius 2 is 2.17 bits per heavy atom. The highest BCUT2D eigenvalue weighted by Gasteiger charge is 2.28. The molecule has 0 amide bonds. The summed E-state index contributed by atoms with van der Waals surface area (Å²) in [6.45, 7) is 0. The summed E-state index contributed by atoms with van der Waals surface area (Å²) in [4.78, 5) is 0.0179. The van der Waals surface area contributed by atoms with Gasteiger partial charge < -0.3 is 0 Å². The molecule has 0 atom stereocenters. The summed E-state index contributed by atoms with van der Waals surface area (Å²) in [5, 5.41) is 7.77. The number of anilines is 1. The Bertz CT molecular complexity index is 640. The molecule has 1 heterocycles. The largest absolute Gasteiger partial charge is 0.268 e. The van der Waals surface area contributed by atoms with Crippen LogP contribution < -0.4 is 4.31 Å². The molecule has 0 saturated heterocycles. The van der Waals surface area contributed by atoms with E-state index in [-0.39, 0.29) is 15.0 Å². The van der Waals surface area contributed by atoms with Crippen LogP contribution in [0.25, 0.3) is 0 Å². The van der Waals surface area contributed by atoms with E-state index in [1.807, 2.05) is 0 Å². The third-order valence-corrected chi connectivity index (χ3v) is 6.24. The molecule has 96 valence electrons. The third-order valence-electron chi connectivity index (χ3n) is 2.16. The summed E-state index contributed by atoms with van der Waals surface area (Å²) in [6, 6.07) is 4.80. The SMILES string of the molecule is CN(c1nncs1)S(=O)(=O)c1c(Cl)cccc1Br. The predicted molar refractivity (Wildman–Crippen MR) is 74.6 cm³/mol. The van der Waals surface area contributed by atoms with Gasteiger partial charge in [-0.05, 0) is 28.1 Å². The summed E-state index contributed by atoms with van der Waals surface area (Å²) >= 11 is 10.3. The summed E-state index contributed by atoms with van der Waals surface area (Å²) in [5.41, 5.74) is 1.46. The van der Waals surface area contributed by atoms with Crippen LogP contribution in [0.2, 0.25) is 5.02 Å². The lowest BCUT2D eigenvalue weighted by Gasteiger charge is -2.17. The highest BCUT2D eigenvalue weighted by Crippen LogP contribution is 2.33. The maximum absolute atomic E-state index is 12.4. The molecule has 0 aliphatic carbocycles. The van der Waals surface area contributed by atoms with Crippen molar-refractivity contribution in [3.63, 3.8) is 0 Å². The van der Waals surface area contributed by atoms with Gasteiger partial charge in [-0.2, -0.15) is 0 Å². The number of nitrogens with zero attached hydrogens (tertiary/aromatic N) is 3. The van der Waals surface area contributed by atoms with Crippen molar-refractivity contribution in [3.8, 4) is 0 Å². The van der Waals surface area contributed by atoms with Crippen molar-refractivity contribution in [2.45, 2.75) is 4.90 Å². The van der Waals surface area contributed by atoms with E-state index in [0.29, 0.717) is 4.47 Å². The van der Waals surface area contributed by atoms with Gasteiger partial charge in [-0.1, -0.05) is 29.0 Å². The van der Waals surface area contributed by atoms with E-state index in [0.717, 1.165) is 15.6 Å². The molecule has 2 aromatic rings. The van der Waals surface area contributed by atoms with Gasteiger partial charge in [0.25, 0.3) is 10.0 Å². The van der Waals surface area contributed by atoms with Gasteiger partial charge in [0.2, 0.25) is 5.13 Å². The van der Waals surface area contributed by atoms with Crippen molar-refractivity contribution >= 4 is 54.0 Å². The van der Waals surface area contributed by atoms with Crippen LogP contribution in [0.5, 0.6) is 0 Å². The average molecular weight is 369 g/mol. The molecule has 1 aromatic carbocycles. The van der Waals surface area contributed by atoms with Crippen LogP contribution in [0.15, 0.2) is 33.1 Å². The Morgan fingerprint density at radius 1 is 1.44 bits per heavy atom. The van der Waals surface area contributed by atoms with Crippen LogP contribution in [-0.2, 0) is 10.0 Å². The fourth-order valence-corrected chi connectivity index (χ4v) is 4.83. The highest BCUT2D eigenvalue weighted by atomic mass is 79.9. The molecule has 18 heavy (non-hydrogen) atoms. The van der Waals surface area contributed by atoms with Crippen LogP contribution in [0.1, 0.15) is 0 Å². The average Bonchev–Trinajstić information content (AvgIpc) is 2.80. The van der Waals surface area contributed by atoms with E-state index in [1.54, 1.807) is 12.1 Å². The first kappa shape index (κ1) is 13.7. The smallest absolute Gasteiger partial charge is 0.243 e. The second kappa shape index (κ2) is 5.12. The fourth-order valence-electron chi connectivity index (χ4n) is 1.27. The highest BCUT2D eigenvalue weighted by molar-refractivity contribution is 9.10. The van der Waals surface area contributed by atoms with Gasteiger partial charge in [0.15, 0.2) is 0 Å². The van der Waals surface area contributed by atoms with E-state index in [9.17, 15) is 8.42 Å². The van der Waals surface area contributed by atoms with E-state index in [1.165, 1.54) is 18.6 Å². The molecule has 2 rings (SSSR count). The molecule has 0 radical (unpaired) electrons. The molecule has 5 nitrogen and oxygen atoms in total. The molecular formula is C9H7BrClN3O2S2. The number of rotatable bonds is 3. The quantitative estimate of drug-likeness (QED) is 0.835. The number of sulfonamides is 1. The first-order valence-corrected chi connectivity index (χ1v) is 8.13. The lowest BCUT2D eigenvalue weighted by atomic mass is 10.4. The van der Waals surface area contributed by atoms with Crippen LogP contribution in [0.4, 0.5) is 5.13 Å². The maximum Gasteiger partial charge on any atom is 0.268 e. The van der Waals surface area contributed by atoms with E-state index < -0.39 is 10.0 Å². The van der Waals surface area contributed by atoms with Gasteiger partial charge in [0.05, 0.1) is 5.02 Å². The van der Waals surface area contributed by atoms with Gasteiger partial charge in [-0.3, -0.25) is 0 Å². The molecule has 0 bridgehead atoms. The zero-order valence-corrected chi connectivity index (χ0v) is 13.0. The monoisotopic (exact) mass is 367 g/mol. The normalized spacial score (nSPS) is 11.5. The van der Waals surface area contributed by atoms with Crippen LogP contribution in [0, 0.1) is 0 Å². The molecule has 0 unspecified atom stereocenters. The molecule has 0 saturated carbocycles. The zero-order chi connectivity index (χ0) is 13.3. The Hall–Kier alpha value is -0.700. The molecule has 0 spiro atoms. The van der Waals surface area contributed by atoms with Gasteiger partial charge in [-0.15, -0.1) is 10.2 Å². The van der Waals surface area contributed by atoms with E-state index >= 15 is 0 Å². The standard InChI is InChI=1S/C9H7BrClN3O2S2/c1-14(9-13-12-5-17-9)18(15,16)8-6(10)3-2-4-7(8)11/h2-5H,1H3.